The van der Waals surface area contributed by atoms with Gasteiger partial charge in [-0.25, -0.2) is 8.42 Å². The van der Waals surface area contributed by atoms with E-state index < -0.39 is 28.5 Å². The average Bonchev–Trinajstić information content (AvgIpc) is 2.83. The lowest BCUT2D eigenvalue weighted by Gasteiger charge is -2.33. The van der Waals surface area contributed by atoms with Gasteiger partial charge in [0.05, 0.1) is 24.1 Å². The van der Waals surface area contributed by atoms with Crippen LogP contribution < -0.4 is 14.4 Å². The van der Waals surface area contributed by atoms with Crippen LogP contribution in [-0.2, 0) is 26.2 Å². The number of nitrogens with zero attached hydrogens (tertiary/aromatic N) is 2. The molecule has 2 aromatic rings. The van der Waals surface area contributed by atoms with Crippen LogP contribution in [0.2, 0.25) is 5.02 Å². The summed E-state index contributed by atoms with van der Waals surface area (Å²) in [6.45, 7) is 6.02. The standard InChI is InChI=1S/C26H36ClN3O5S/c1-6-8-15-28-26(32)23(7-2)29(17-20-11-9-19(3)10-12-20)25(31)18-30(36(5,33)34)21-13-14-24(35-4)22(27)16-21/h9-14,16,23H,6-8,15,17-18H2,1-5H3,(H,28,32)/t23-/m0/s1. The van der Waals surface area contributed by atoms with Crippen LogP contribution in [0.15, 0.2) is 42.5 Å². The molecule has 0 saturated carbocycles. The highest BCUT2D eigenvalue weighted by atomic mass is 35.5. The summed E-state index contributed by atoms with van der Waals surface area (Å²) in [5, 5.41) is 3.12. The lowest BCUT2D eigenvalue weighted by molar-refractivity contribution is -0.140. The molecule has 2 rings (SSSR count). The van der Waals surface area contributed by atoms with Gasteiger partial charge >= 0.3 is 0 Å². The third kappa shape index (κ3) is 8.13. The molecule has 2 aromatic carbocycles. The van der Waals surface area contributed by atoms with Gasteiger partial charge in [0.15, 0.2) is 0 Å². The predicted molar refractivity (Wildman–Crippen MR) is 144 cm³/mol. The van der Waals surface area contributed by atoms with Gasteiger partial charge in [0.2, 0.25) is 21.8 Å². The number of amides is 2. The molecular weight excluding hydrogens is 502 g/mol. The zero-order chi connectivity index (χ0) is 26.9. The van der Waals surface area contributed by atoms with Crippen molar-refractivity contribution in [2.24, 2.45) is 0 Å². The first-order valence-corrected chi connectivity index (χ1v) is 14.2. The molecule has 0 bridgehead atoms. The summed E-state index contributed by atoms with van der Waals surface area (Å²) in [6, 6.07) is 11.4. The van der Waals surface area contributed by atoms with Crippen molar-refractivity contribution in [3.05, 3.63) is 58.6 Å². The van der Waals surface area contributed by atoms with Crippen molar-refractivity contribution in [3.63, 3.8) is 0 Å². The minimum Gasteiger partial charge on any atom is -0.495 e. The summed E-state index contributed by atoms with van der Waals surface area (Å²) in [5.41, 5.74) is 2.14. The van der Waals surface area contributed by atoms with Crippen LogP contribution in [0.25, 0.3) is 0 Å². The molecule has 198 valence electrons. The van der Waals surface area contributed by atoms with Crippen LogP contribution in [-0.4, -0.2) is 57.6 Å². The molecule has 1 atom stereocenters. The van der Waals surface area contributed by atoms with Gasteiger partial charge in [-0.1, -0.05) is 61.7 Å². The molecule has 0 radical (unpaired) electrons. The molecule has 0 unspecified atom stereocenters. The monoisotopic (exact) mass is 537 g/mol. The van der Waals surface area contributed by atoms with Gasteiger partial charge in [-0.3, -0.25) is 13.9 Å². The molecule has 1 N–H and O–H groups in total. The largest absolute Gasteiger partial charge is 0.495 e. The minimum absolute atomic E-state index is 0.166. The lowest BCUT2D eigenvalue weighted by atomic mass is 10.1. The molecule has 0 aliphatic heterocycles. The molecule has 2 amide bonds. The number of rotatable bonds is 13. The van der Waals surface area contributed by atoms with Crippen LogP contribution >= 0.6 is 11.6 Å². The number of hydrogen-bond acceptors (Lipinski definition) is 5. The number of anilines is 1. The molecule has 10 heteroatoms. The van der Waals surface area contributed by atoms with E-state index in [-0.39, 0.29) is 23.2 Å². The van der Waals surface area contributed by atoms with Gasteiger partial charge in [0, 0.05) is 13.1 Å². The predicted octanol–water partition coefficient (Wildman–Crippen LogP) is 4.15. The Balaban J connectivity index is 2.42. The van der Waals surface area contributed by atoms with E-state index in [1.54, 1.807) is 6.07 Å². The first-order valence-electron chi connectivity index (χ1n) is 12.0. The van der Waals surface area contributed by atoms with Crippen molar-refractivity contribution in [1.29, 1.82) is 0 Å². The minimum atomic E-state index is -3.85. The molecular formula is C26H36ClN3O5S. The smallest absolute Gasteiger partial charge is 0.244 e. The van der Waals surface area contributed by atoms with Gasteiger partial charge in [0.1, 0.15) is 18.3 Å². The first kappa shape index (κ1) is 29.5. The zero-order valence-corrected chi connectivity index (χ0v) is 23.2. The van der Waals surface area contributed by atoms with Crippen LogP contribution in [0.5, 0.6) is 5.75 Å². The third-order valence-electron chi connectivity index (χ3n) is 5.79. The van der Waals surface area contributed by atoms with Crippen molar-refractivity contribution < 1.29 is 22.7 Å². The quantitative estimate of drug-likeness (QED) is 0.387. The van der Waals surface area contributed by atoms with E-state index in [9.17, 15) is 18.0 Å². The Labute approximate surface area is 219 Å². The summed E-state index contributed by atoms with van der Waals surface area (Å²) in [5.74, 6) is -0.369. The number of hydrogen-bond donors (Lipinski definition) is 1. The maximum absolute atomic E-state index is 13.7. The van der Waals surface area contributed by atoms with Crippen molar-refractivity contribution in [3.8, 4) is 5.75 Å². The summed E-state index contributed by atoms with van der Waals surface area (Å²) < 4.78 is 31.5. The second kappa shape index (κ2) is 13.5. The van der Waals surface area contributed by atoms with E-state index in [1.807, 2.05) is 45.0 Å². The fourth-order valence-corrected chi connectivity index (χ4v) is 4.83. The van der Waals surface area contributed by atoms with Gasteiger partial charge in [0.25, 0.3) is 0 Å². The number of halogens is 1. The van der Waals surface area contributed by atoms with Crippen LogP contribution in [0.1, 0.15) is 44.2 Å². The number of sulfonamides is 1. The molecule has 0 aliphatic carbocycles. The topological polar surface area (TPSA) is 96.0 Å². The average molecular weight is 538 g/mol. The van der Waals surface area contributed by atoms with E-state index in [0.29, 0.717) is 18.7 Å². The second-order valence-electron chi connectivity index (χ2n) is 8.66. The van der Waals surface area contributed by atoms with Crippen molar-refractivity contribution in [2.75, 3.05) is 30.8 Å². The highest BCUT2D eigenvalue weighted by molar-refractivity contribution is 7.92. The summed E-state index contributed by atoms with van der Waals surface area (Å²) in [4.78, 5) is 28.2. The van der Waals surface area contributed by atoms with Crippen molar-refractivity contribution in [2.45, 2.75) is 52.6 Å². The number of carbonyl (C=O) groups excluding carboxylic acids is 2. The SMILES string of the molecule is CCCCNC(=O)[C@H](CC)N(Cc1ccc(C)cc1)C(=O)CN(c1ccc(OC)c(Cl)c1)S(C)(=O)=O. The highest BCUT2D eigenvalue weighted by Gasteiger charge is 2.31. The second-order valence-corrected chi connectivity index (χ2v) is 11.0. The number of nitrogens with one attached hydrogen (secondary N) is 1. The van der Waals surface area contributed by atoms with Gasteiger partial charge in [-0.2, -0.15) is 0 Å². The van der Waals surface area contributed by atoms with Crippen LogP contribution in [0.4, 0.5) is 5.69 Å². The van der Waals surface area contributed by atoms with Gasteiger partial charge < -0.3 is 15.0 Å². The van der Waals surface area contributed by atoms with E-state index >= 15 is 0 Å². The number of methoxy groups -OCH3 is 1. The van der Waals surface area contributed by atoms with Gasteiger partial charge in [-0.15, -0.1) is 0 Å². The third-order valence-corrected chi connectivity index (χ3v) is 7.23. The van der Waals surface area contributed by atoms with E-state index in [4.69, 9.17) is 16.3 Å². The summed E-state index contributed by atoms with van der Waals surface area (Å²) in [6.07, 6.45) is 3.16. The molecule has 0 spiro atoms. The lowest BCUT2D eigenvalue weighted by Crippen LogP contribution is -2.52. The fraction of sp³-hybridized carbons (Fsp3) is 0.462. The Hall–Kier alpha value is -2.78. The summed E-state index contributed by atoms with van der Waals surface area (Å²) >= 11 is 6.22. The molecule has 0 heterocycles. The number of carbonyl (C=O) groups is 2. The Morgan fingerprint density at radius 1 is 1.11 bits per heavy atom. The van der Waals surface area contributed by atoms with E-state index in [1.165, 1.54) is 24.1 Å². The fourth-order valence-electron chi connectivity index (χ4n) is 3.74. The summed E-state index contributed by atoms with van der Waals surface area (Å²) in [7, 11) is -2.39. The maximum Gasteiger partial charge on any atom is 0.244 e. The van der Waals surface area contributed by atoms with Crippen molar-refractivity contribution >= 4 is 39.1 Å². The molecule has 0 aliphatic rings. The Morgan fingerprint density at radius 3 is 2.31 bits per heavy atom. The zero-order valence-electron chi connectivity index (χ0n) is 21.6. The number of ether oxygens (including phenoxy) is 1. The Kier molecular flexibility index (Phi) is 11.0. The Bertz CT molecular complexity index is 1140. The Morgan fingerprint density at radius 2 is 1.78 bits per heavy atom. The van der Waals surface area contributed by atoms with Crippen molar-refractivity contribution in [1.82, 2.24) is 10.2 Å². The van der Waals surface area contributed by atoms with Crippen LogP contribution in [0.3, 0.4) is 0 Å². The number of unbranched alkanes of at least 4 members (excludes halogenated alkanes) is 1. The number of aryl methyl sites for hydroxylation is 1. The first-order chi connectivity index (χ1) is 17.0. The van der Waals surface area contributed by atoms with Crippen LogP contribution in [0, 0.1) is 6.92 Å². The number of benzene rings is 2. The van der Waals surface area contributed by atoms with Gasteiger partial charge in [-0.05, 0) is 43.5 Å². The molecule has 8 nitrogen and oxygen atoms in total. The highest BCUT2D eigenvalue weighted by Crippen LogP contribution is 2.30. The van der Waals surface area contributed by atoms with E-state index in [2.05, 4.69) is 5.32 Å². The van der Waals surface area contributed by atoms with E-state index in [0.717, 1.165) is 34.5 Å². The molecule has 36 heavy (non-hydrogen) atoms. The maximum atomic E-state index is 13.7. The molecule has 0 fully saturated rings. The normalized spacial score (nSPS) is 12.1. The molecule has 0 aromatic heterocycles. The molecule has 0 saturated heterocycles.